The highest BCUT2D eigenvalue weighted by molar-refractivity contribution is 5.97. The van der Waals surface area contributed by atoms with Crippen LogP contribution >= 0.6 is 0 Å². The topological polar surface area (TPSA) is 66.4 Å². The van der Waals surface area contributed by atoms with Crippen LogP contribution in [0.1, 0.15) is 27.0 Å². The standard InChI is InChI=1S/C22H21NO3/c1-14-10-15(2)12-18(11-14)21(24)23-20(22(25)26)13-17-8-5-7-16-6-3-4-9-19(16)17/h3-12,20H,13H2,1-2H3,(H,23,24)(H,25,26)/t20-/m0/s1. The fourth-order valence-electron chi connectivity index (χ4n) is 3.24. The molecule has 0 saturated carbocycles. The second-order valence-corrected chi connectivity index (χ2v) is 6.58. The molecule has 2 N–H and O–H groups in total. The molecule has 0 saturated heterocycles. The zero-order valence-electron chi connectivity index (χ0n) is 14.8. The van der Waals surface area contributed by atoms with Crippen molar-refractivity contribution < 1.29 is 14.7 Å². The summed E-state index contributed by atoms with van der Waals surface area (Å²) < 4.78 is 0. The number of aryl methyl sites for hydroxylation is 2. The molecule has 26 heavy (non-hydrogen) atoms. The van der Waals surface area contributed by atoms with Gasteiger partial charge in [-0.25, -0.2) is 4.79 Å². The van der Waals surface area contributed by atoms with E-state index in [1.54, 1.807) is 12.1 Å². The van der Waals surface area contributed by atoms with Gasteiger partial charge >= 0.3 is 5.97 Å². The summed E-state index contributed by atoms with van der Waals surface area (Å²) in [5, 5.41) is 14.3. The lowest BCUT2D eigenvalue weighted by Gasteiger charge is -2.16. The van der Waals surface area contributed by atoms with E-state index in [0.29, 0.717) is 5.56 Å². The van der Waals surface area contributed by atoms with Crippen LogP contribution in [0.2, 0.25) is 0 Å². The minimum atomic E-state index is -1.05. The Morgan fingerprint density at radius 1 is 0.962 bits per heavy atom. The maximum Gasteiger partial charge on any atom is 0.326 e. The van der Waals surface area contributed by atoms with Crippen molar-refractivity contribution in [3.05, 3.63) is 82.9 Å². The van der Waals surface area contributed by atoms with Gasteiger partial charge in [0.05, 0.1) is 0 Å². The second-order valence-electron chi connectivity index (χ2n) is 6.58. The van der Waals surface area contributed by atoms with Crippen LogP contribution in [0.3, 0.4) is 0 Å². The molecule has 4 nitrogen and oxygen atoms in total. The van der Waals surface area contributed by atoms with E-state index >= 15 is 0 Å². The minimum absolute atomic E-state index is 0.229. The number of amides is 1. The maximum atomic E-state index is 12.5. The molecule has 3 aromatic carbocycles. The Morgan fingerprint density at radius 3 is 2.31 bits per heavy atom. The first-order valence-electron chi connectivity index (χ1n) is 8.52. The van der Waals surface area contributed by atoms with E-state index < -0.39 is 12.0 Å². The van der Waals surface area contributed by atoms with Crippen molar-refractivity contribution in [2.24, 2.45) is 0 Å². The van der Waals surface area contributed by atoms with Crippen LogP contribution in [-0.4, -0.2) is 23.0 Å². The van der Waals surface area contributed by atoms with Crippen LogP contribution in [0.4, 0.5) is 0 Å². The molecule has 3 rings (SSSR count). The molecule has 0 aliphatic heterocycles. The number of hydrogen-bond acceptors (Lipinski definition) is 2. The molecule has 0 spiro atoms. The van der Waals surface area contributed by atoms with Crippen molar-refractivity contribution in [2.75, 3.05) is 0 Å². The van der Waals surface area contributed by atoms with E-state index in [1.165, 1.54) is 0 Å². The first-order chi connectivity index (χ1) is 12.4. The highest BCUT2D eigenvalue weighted by atomic mass is 16.4. The summed E-state index contributed by atoms with van der Waals surface area (Å²) in [6.07, 6.45) is 0.229. The molecule has 0 unspecified atom stereocenters. The van der Waals surface area contributed by atoms with E-state index in [2.05, 4.69) is 5.32 Å². The van der Waals surface area contributed by atoms with Crippen LogP contribution in [0.15, 0.2) is 60.7 Å². The molecule has 132 valence electrons. The molecule has 3 aromatic rings. The SMILES string of the molecule is Cc1cc(C)cc(C(=O)N[C@@H](Cc2cccc3ccccc23)C(=O)O)c1. The Kier molecular flexibility index (Phi) is 5.03. The van der Waals surface area contributed by atoms with Crippen LogP contribution < -0.4 is 5.32 Å². The molecule has 0 radical (unpaired) electrons. The number of carbonyl (C=O) groups excluding carboxylic acids is 1. The van der Waals surface area contributed by atoms with Gasteiger partial charge in [0.25, 0.3) is 5.91 Å². The molecular formula is C22H21NO3. The lowest BCUT2D eigenvalue weighted by molar-refractivity contribution is -0.139. The number of aliphatic carboxylic acids is 1. The zero-order chi connectivity index (χ0) is 18.7. The highest BCUT2D eigenvalue weighted by Crippen LogP contribution is 2.20. The number of rotatable bonds is 5. The summed E-state index contributed by atoms with van der Waals surface area (Å²) >= 11 is 0. The van der Waals surface area contributed by atoms with Gasteiger partial charge in [-0.3, -0.25) is 4.79 Å². The quantitative estimate of drug-likeness (QED) is 0.736. The highest BCUT2D eigenvalue weighted by Gasteiger charge is 2.22. The summed E-state index contributed by atoms with van der Waals surface area (Å²) in [7, 11) is 0. The van der Waals surface area contributed by atoms with Crippen LogP contribution in [0.25, 0.3) is 10.8 Å². The van der Waals surface area contributed by atoms with E-state index in [4.69, 9.17) is 0 Å². The van der Waals surface area contributed by atoms with Gasteiger partial charge in [0, 0.05) is 12.0 Å². The first kappa shape index (κ1) is 17.7. The van der Waals surface area contributed by atoms with Crippen molar-refractivity contribution in [3.63, 3.8) is 0 Å². The van der Waals surface area contributed by atoms with Gasteiger partial charge in [0.2, 0.25) is 0 Å². The number of carboxylic acids is 1. The maximum absolute atomic E-state index is 12.5. The summed E-state index contributed by atoms with van der Waals surface area (Å²) in [5.41, 5.74) is 3.31. The molecule has 0 aliphatic rings. The molecule has 4 heteroatoms. The van der Waals surface area contributed by atoms with Crippen molar-refractivity contribution in [2.45, 2.75) is 26.3 Å². The van der Waals surface area contributed by atoms with Gasteiger partial charge in [0.1, 0.15) is 6.04 Å². The van der Waals surface area contributed by atoms with Crippen LogP contribution in [-0.2, 0) is 11.2 Å². The van der Waals surface area contributed by atoms with Gasteiger partial charge in [0.15, 0.2) is 0 Å². The van der Waals surface area contributed by atoms with E-state index in [9.17, 15) is 14.7 Å². The fourth-order valence-corrected chi connectivity index (χ4v) is 3.24. The van der Waals surface area contributed by atoms with Crippen LogP contribution in [0.5, 0.6) is 0 Å². The van der Waals surface area contributed by atoms with Crippen LogP contribution in [0, 0.1) is 13.8 Å². The Hall–Kier alpha value is -3.14. The predicted octanol–water partition coefficient (Wildman–Crippen LogP) is 3.88. The number of nitrogens with one attached hydrogen (secondary N) is 1. The number of fused-ring (bicyclic) bond motifs is 1. The molecule has 0 aromatic heterocycles. The fraction of sp³-hybridized carbons (Fsp3) is 0.182. The lowest BCUT2D eigenvalue weighted by atomic mass is 9.98. The normalized spacial score (nSPS) is 11.9. The predicted molar refractivity (Wildman–Crippen MR) is 102 cm³/mol. The summed E-state index contributed by atoms with van der Waals surface area (Å²) in [6, 6.07) is 18.1. The summed E-state index contributed by atoms with van der Waals surface area (Å²) in [4.78, 5) is 24.3. The van der Waals surface area contributed by atoms with Gasteiger partial charge in [-0.15, -0.1) is 0 Å². The molecule has 0 aliphatic carbocycles. The van der Waals surface area contributed by atoms with E-state index in [1.807, 2.05) is 62.4 Å². The van der Waals surface area contributed by atoms with Crippen molar-refractivity contribution in [1.29, 1.82) is 0 Å². The third-order valence-corrected chi connectivity index (χ3v) is 4.39. The lowest BCUT2D eigenvalue weighted by Crippen LogP contribution is -2.42. The third-order valence-electron chi connectivity index (χ3n) is 4.39. The molecule has 1 amide bonds. The van der Waals surface area contributed by atoms with Crippen molar-refractivity contribution in [1.82, 2.24) is 5.32 Å². The number of benzene rings is 3. The number of carboxylic acid groups (broad SMARTS) is 1. The number of hydrogen-bond donors (Lipinski definition) is 2. The van der Waals surface area contributed by atoms with Gasteiger partial charge in [-0.1, -0.05) is 59.7 Å². The number of carbonyl (C=O) groups is 2. The van der Waals surface area contributed by atoms with E-state index in [0.717, 1.165) is 27.5 Å². The van der Waals surface area contributed by atoms with Gasteiger partial charge < -0.3 is 10.4 Å². The third kappa shape index (κ3) is 3.91. The average Bonchev–Trinajstić information content (AvgIpc) is 2.60. The molecule has 0 fully saturated rings. The molecule has 1 atom stereocenters. The second kappa shape index (κ2) is 7.40. The summed E-state index contributed by atoms with van der Waals surface area (Å²) in [6.45, 7) is 3.82. The molecular weight excluding hydrogens is 326 g/mol. The minimum Gasteiger partial charge on any atom is -0.480 e. The smallest absolute Gasteiger partial charge is 0.326 e. The Morgan fingerprint density at radius 2 is 1.62 bits per heavy atom. The van der Waals surface area contributed by atoms with E-state index in [-0.39, 0.29) is 12.3 Å². The summed E-state index contributed by atoms with van der Waals surface area (Å²) in [5.74, 6) is -1.42. The van der Waals surface area contributed by atoms with Crippen molar-refractivity contribution in [3.8, 4) is 0 Å². The van der Waals surface area contributed by atoms with Gasteiger partial charge in [-0.2, -0.15) is 0 Å². The van der Waals surface area contributed by atoms with Gasteiger partial charge in [-0.05, 0) is 42.3 Å². The van der Waals surface area contributed by atoms with Crippen molar-refractivity contribution >= 4 is 22.6 Å². The Bertz CT molecular complexity index is 953. The Balaban J connectivity index is 1.85. The first-order valence-corrected chi connectivity index (χ1v) is 8.52. The zero-order valence-corrected chi connectivity index (χ0v) is 14.8. The average molecular weight is 347 g/mol. The molecule has 0 heterocycles. The Labute approximate surface area is 152 Å². The largest absolute Gasteiger partial charge is 0.480 e. The monoisotopic (exact) mass is 347 g/mol. The molecule has 0 bridgehead atoms.